The number of benzene rings is 1. The summed E-state index contributed by atoms with van der Waals surface area (Å²) >= 11 is 0. The molecule has 7 rings (SSSR count). The molecule has 1 aromatic heterocycles. The lowest BCUT2D eigenvalue weighted by Crippen LogP contribution is -2.62. The van der Waals surface area contributed by atoms with E-state index in [1.54, 1.807) is 0 Å². The normalized spacial score (nSPS) is 25.3. The number of fused-ring (bicyclic) bond motifs is 4. The average molecular weight is 548 g/mol. The molecule has 214 valence electrons. The lowest BCUT2D eigenvalue weighted by molar-refractivity contribution is -0.0196. The highest BCUT2D eigenvalue weighted by molar-refractivity contribution is 5.73. The Morgan fingerprint density at radius 3 is 2.50 bits per heavy atom. The summed E-state index contributed by atoms with van der Waals surface area (Å²) < 4.78 is 17.9. The number of aromatic nitrogens is 1. The standard InChI is InChI=1S/C31H41N5O4/c1-31(2,3)40-30(37)36-15-22(16-36)34-12-9-20(10-13-34)21-4-7-28-26(14-21)33-29-25(19-38-28)27(8-11-32-29)35-17-23-5-6-24(18-35)39-23/h4,7-8,11,14,20,22-24H,5-6,9-10,12-13,15-19H2,1-3H3,(H,32,33)/t23-,24+. The molecule has 1 N–H and O–H groups in total. The van der Waals surface area contributed by atoms with Crippen molar-refractivity contribution in [3.8, 4) is 5.75 Å². The van der Waals surface area contributed by atoms with E-state index in [1.807, 2.05) is 31.9 Å². The van der Waals surface area contributed by atoms with E-state index in [-0.39, 0.29) is 6.09 Å². The zero-order valence-electron chi connectivity index (χ0n) is 23.9. The van der Waals surface area contributed by atoms with E-state index in [0.29, 0.717) is 30.8 Å². The molecule has 5 aliphatic rings. The molecule has 1 amide bonds. The summed E-state index contributed by atoms with van der Waals surface area (Å²) in [6, 6.07) is 9.18. The van der Waals surface area contributed by atoms with Crippen LogP contribution in [0, 0.1) is 0 Å². The Morgan fingerprint density at radius 1 is 1.02 bits per heavy atom. The van der Waals surface area contributed by atoms with Gasteiger partial charge in [-0.25, -0.2) is 9.78 Å². The molecule has 9 nitrogen and oxygen atoms in total. The Morgan fingerprint density at radius 2 is 1.77 bits per heavy atom. The fraction of sp³-hybridized carbons (Fsp3) is 0.613. The predicted octanol–water partition coefficient (Wildman–Crippen LogP) is 4.88. The first-order chi connectivity index (χ1) is 19.3. The molecule has 0 radical (unpaired) electrons. The van der Waals surface area contributed by atoms with Crippen molar-refractivity contribution in [1.29, 1.82) is 0 Å². The van der Waals surface area contributed by atoms with Crippen LogP contribution in [0.1, 0.15) is 63.5 Å². The quantitative estimate of drug-likeness (QED) is 0.582. The van der Waals surface area contributed by atoms with E-state index in [4.69, 9.17) is 19.2 Å². The van der Waals surface area contributed by atoms with Crippen LogP contribution in [0.3, 0.4) is 0 Å². The van der Waals surface area contributed by atoms with Gasteiger partial charge in [-0.05, 0) is 89.2 Å². The molecule has 40 heavy (non-hydrogen) atoms. The van der Waals surface area contributed by atoms with Crippen molar-refractivity contribution in [3.05, 3.63) is 41.6 Å². The highest BCUT2D eigenvalue weighted by Crippen LogP contribution is 2.41. The number of nitrogens with one attached hydrogen (secondary N) is 1. The van der Waals surface area contributed by atoms with E-state index in [0.717, 1.165) is 87.8 Å². The van der Waals surface area contributed by atoms with Crippen LogP contribution in [0.4, 0.5) is 22.0 Å². The fourth-order valence-electron chi connectivity index (χ4n) is 6.90. The number of carbonyl (C=O) groups excluding carboxylic acids is 1. The first-order valence-corrected chi connectivity index (χ1v) is 14.9. The second-order valence-electron chi connectivity index (χ2n) is 13.0. The third kappa shape index (κ3) is 5.09. The van der Waals surface area contributed by atoms with Gasteiger partial charge in [-0.3, -0.25) is 4.90 Å². The summed E-state index contributed by atoms with van der Waals surface area (Å²) in [4.78, 5) is 23.9. The summed E-state index contributed by atoms with van der Waals surface area (Å²) in [5.74, 6) is 2.28. The van der Waals surface area contributed by atoms with Crippen molar-refractivity contribution in [2.24, 2.45) is 0 Å². The largest absolute Gasteiger partial charge is 0.487 e. The van der Waals surface area contributed by atoms with Gasteiger partial charge in [0.25, 0.3) is 0 Å². The maximum absolute atomic E-state index is 12.3. The van der Waals surface area contributed by atoms with Gasteiger partial charge >= 0.3 is 6.09 Å². The summed E-state index contributed by atoms with van der Waals surface area (Å²) in [6.45, 7) is 11.7. The monoisotopic (exact) mass is 547 g/mol. The number of hydrogen-bond acceptors (Lipinski definition) is 8. The van der Waals surface area contributed by atoms with Gasteiger partial charge in [0.05, 0.1) is 23.5 Å². The van der Waals surface area contributed by atoms with E-state index in [9.17, 15) is 4.79 Å². The number of amides is 1. The van der Waals surface area contributed by atoms with Gasteiger partial charge in [0.2, 0.25) is 0 Å². The van der Waals surface area contributed by atoms with E-state index in [2.05, 4.69) is 39.4 Å². The van der Waals surface area contributed by atoms with Crippen molar-refractivity contribution < 1.29 is 19.0 Å². The minimum absolute atomic E-state index is 0.196. The van der Waals surface area contributed by atoms with Crippen LogP contribution >= 0.6 is 0 Å². The lowest BCUT2D eigenvalue weighted by Gasteiger charge is -2.47. The molecule has 2 aromatic rings. The van der Waals surface area contributed by atoms with Crippen LogP contribution < -0.4 is 15.0 Å². The van der Waals surface area contributed by atoms with Gasteiger partial charge in [0.15, 0.2) is 0 Å². The minimum atomic E-state index is -0.447. The number of likely N-dealkylation sites (tertiary alicyclic amines) is 2. The number of piperidine rings is 1. The second-order valence-corrected chi connectivity index (χ2v) is 13.0. The molecule has 6 heterocycles. The van der Waals surface area contributed by atoms with Crippen molar-refractivity contribution in [2.75, 3.05) is 49.5 Å². The van der Waals surface area contributed by atoms with Crippen molar-refractivity contribution in [3.63, 3.8) is 0 Å². The summed E-state index contributed by atoms with van der Waals surface area (Å²) in [6.07, 6.45) is 6.92. The molecular weight excluding hydrogens is 506 g/mol. The molecule has 9 heteroatoms. The highest BCUT2D eigenvalue weighted by atomic mass is 16.6. The van der Waals surface area contributed by atoms with Crippen molar-refractivity contribution >= 4 is 23.3 Å². The third-order valence-electron chi connectivity index (χ3n) is 9.08. The van der Waals surface area contributed by atoms with Crippen LogP contribution in [0.25, 0.3) is 0 Å². The van der Waals surface area contributed by atoms with Crippen molar-refractivity contribution in [2.45, 2.75) is 82.8 Å². The van der Waals surface area contributed by atoms with Crippen LogP contribution in [0.5, 0.6) is 5.75 Å². The van der Waals surface area contributed by atoms with E-state index >= 15 is 0 Å². The molecule has 1 aromatic carbocycles. The van der Waals surface area contributed by atoms with Gasteiger partial charge in [0, 0.05) is 44.1 Å². The molecule has 5 aliphatic heterocycles. The Labute approximate surface area is 236 Å². The summed E-state index contributed by atoms with van der Waals surface area (Å²) in [5, 5.41) is 3.62. The van der Waals surface area contributed by atoms with Gasteiger partial charge in [-0.1, -0.05) is 6.07 Å². The summed E-state index contributed by atoms with van der Waals surface area (Å²) in [7, 11) is 0. The van der Waals surface area contributed by atoms with Crippen LogP contribution in [-0.4, -0.2) is 84.0 Å². The Hall–Kier alpha value is -3.04. The topological polar surface area (TPSA) is 79.4 Å². The van der Waals surface area contributed by atoms with Gasteiger partial charge in [0.1, 0.15) is 23.8 Å². The smallest absolute Gasteiger partial charge is 0.410 e. The molecule has 0 aliphatic carbocycles. The molecule has 4 saturated heterocycles. The molecule has 0 spiro atoms. The maximum Gasteiger partial charge on any atom is 0.410 e. The number of anilines is 3. The number of pyridine rings is 1. The number of carbonyl (C=O) groups is 1. The molecule has 2 atom stereocenters. The number of rotatable bonds is 3. The maximum atomic E-state index is 12.3. The van der Waals surface area contributed by atoms with Gasteiger partial charge in [-0.15, -0.1) is 0 Å². The Kier molecular flexibility index (Phi) is 6.54. The lowest BCUT2D eigenvalue weighted by atomic mass is 9.88. The first-order valence-electron chi connectivity index (χ1n) is 14.9. The van der Waals surface area contributed by atoms with Crippen LogP contribution in [0.2, 0.25) is 0 Å². The van der Waals surface area contributed by atoms with E-state index in [1.165, 1.54) is 11.3 Å². The minimum Gasteiger partial charge on any atom is -0.487 e. The van der Waals surface area contributed by atoms with Crippen molar-refractivity contribution in [1.82, 2.24) is 14.8 Å². The van der Waals surface area contributed by atoms with Gasteiger partial charge in [-0.2, -0.15) is 0 Å². The average Bonchev–Trinajstić information content (AvgIpc) is 3.12. The zero-order valence-corrected chi connectivity index (χ0v) is 23.9. The summed E-state index contributed by atoms with van der Waals surface area (Å²) in [5.41, 5.74) is 4.23. The second kappa shape index (κ2) is 10.1. The third-order valence-corrected chi connectivity index (χ3v) is 9.08. The number of hydrogen-bond donors (Lipinski definition) is 1. The number of ether oxygens (including phenoxy) is 3. The Bertz CT molecular complexity index is 1250. The zero-order chi connectivity index (χ0) is 27.4. The molecule has 2 bridgehead atoms. The molecule has 4 fully saturated rings. The van der Waals surface area contributed by atoms with Crippen LogP contribution in [0.15, 0.2) is 30.5 Å². The van der Waals surface area contributed by atoms with E-state index < -0.39 is 5.60 Å². The molecule has 0 unspecified atom stereocenters. The van der Waals surface area contributed by atoms with Gasteiger partial charge < -0.3 is 29.3 Å². The Balaban J connectivity index is 0.987. The molecule has 0 saturated carbocycles. The fourth-order valence-corrected chi connectivity index (χ4v) is 6.90. The predicted molar refractivity (Wildman–Crippen MR) is 154 cm³/mol. The first kappa shape index (κ1) is 25.9. The molecular formula is C31H41N5O4. The highest BCUT2D eigenvalue weighted by Gasteiger charge is 2.39. The SMILES string of the molecule is CC(C)(C)OC(=O)N1CC(N2CCC(c3ccc4c(c3)Nc3nccc(N5C[C@H]6CC[C@@H](C5)O6)c3CO4)CC2)C1. The number of nitrogens with zero attached hydrogens (tertiary/aromatic N) is 4. The van der Waals surface area contributed by atoms with Crippen LogP contribution in [-0.2, 0) is 16.1 Å². The number of morpholine rings is 1.